The van der Waals surface area contributed by atoms with Crippen molar-refractivity contribution in [3.63, 3.8) is 0 Å². The van der Waals surface area contributed by atoms with Crippen molar-refractivity contribution in [2.75, 3.05) is 26.2 Å². The van der Waals surface area contributed by atoms with Gasteiger partial charge in [0, 0.05) is 26.2 Å². The minimum absolute atomic E-state index is 0.0434. The maximum Gasteiger partial charge on any atom is 0.312 e. The normalized spacial score (nSPS) is 15.9. The minimum Gasteiger partial charge on any atom is -0.352 e. The average molecular weight is 409 g/mol. The Bertz CT molecular complexity index is 778. The summed E-state index contributed by atoms with van der Waals surface area (Å²) in [6, 6.07) is 19.9. The van der Waals surface area contributed by atoms with Crippen molar-refractivity contribution in [1.29, 1.82) is 0 Å². The Hall–Kier alpha value is -2.86. The summed E-state index contributed by atoms with van der Waals surface area (Å²) >= 11 is 0. The zero-order valence-electron chi connectivity index (χ0n) is 17.8. The Morgan fingerprint density at radius 1 is 0.900 bits per heavy atom. The highest BCUT2D eigenvalue weighted by molar-refractivity contribution is 5.86. The number of benzene rings is 2. The third-order valence-corrected chi connectivity index (χ3v) is 5.54. The highest BCUT2D eigenvalue weighted by Gasteiger charge is 2.31. The summed E-state index contributed by atoms with van der Waals surface area (Å²) in [6.45, 7) is 6.86. The molecule has 0 radical (unpaired) electrons. The largest absolute Gasteiger partial charge is 0.352 e. The second kappa shape index (κ2) is 10.3. The summed E-state index contributed by atoms with van der Waals surface area (Å²) in [4.78, 5) is 28.7. The van der Waals surface area contributed by atoms with Crippen LogP contribution in [0.5, 0.6) is 0 Å². The van der Waals surface area contributed by atoms with Crippen LogP contribution in [0.3, 0.4) is 0 Å². The topological polar surface area (TPSA) is 78.7 Å². The molecule has 1 heterocycles. The lowest BCUT2D eigenvalue weighted by molar-refractivity contribution is -0.135. The molecule has 6 heteroatoms. The zero-order chi connectivity index (χ0) is 21.5. The van der Waals surface area contributed by atoms with Gasteiger partial charge in [0.1, 0.15) is 6.04 Å². The summed E-state index contributed by atoms with van der Waals surface area (Å²) < 4.78 is 0. The lowest BCUT2D eigenvalue weighted by atomic mass is 9.96. The van der Waals surface area contributed by atoms with Crippen molar-refractivity contribution < 1.29 is 9.59 Å². The molecule has 0 spiro atoms. The number of nitrogens with two attached hydrogens (primary N) is 1. The molecule has 0 aromatic heterocycles. The fourth-order valence-electron chi connectivity index (χ4n) is 4.17. The van der Waals surface area contributed by atoms with Gasteiger partial charge in [-0.25, -0.2) is 4.79 Å². The number of hydrogen-bond donors (Lipinski definition) is 2. The van der Waals surface area contributed by atoms with E-state index in [0.29, 0.717) is 19.5 Å². The van der Waals surface area contributed by atoms with Gasteiger partial charge >= 0.3 is 6.03 Å². The molecule has 0 saturated carbocycles. The summed E-state index contributed by atoms with van der Waals surface area (Å²) in [7, 11) is 0. The van der Waals surface area contributed by atoms with Crippen LogP contribution < -0.4 is 11.1 Å². The van der Waals surface area contributed by atoms with Gasteiger partial charge in [-0.1, -0.05) is 74.5 Å². The van der Waals surface area contributed by atoms with Crippen LogP contribution in [0.25, 0.3) is 0 Å². The van der Waals surface area contributed by atoms with Crippen molar-refractivity contribution in [2.45, 2.75) is 32.4 Å². The van der Waals surface area contributed by atoms with E-state index in [9.17, 15) is 9.59 Å². The first-order valence-electron chi connectivity index (χ1n) is 10.6. The summed E-state index contributed by atoms with van der Waals surface area (Å²) in [5, 5.41) is 2.63. The minimum atomic E-state index is -0.652. The van der Waals surface area contributed by atoms with Gasteiger partial charge in [0.2, 0.25) is 5.91 Å². The predicted octanol–water partition coefficient (Wildman–Crippen LogP) is 3.00. The maximum absolute atomic E-state index is 13.0. The van der Waals surface area contributed by atoms with Crippen LogP contribution in [-0.2, 0) is 4.79 Å². The molecule has 0 aliphatic carbocycles. The molecule has 0 bridgehead atoms. The van der Waals surface area contributed by atoms with Gasteiger partial charge in [0.25, 0.3) is 0 Å². The van der Waals surface area contributed by atoms with E-state index in [1.807, 2.05) is 30.9 Å². The molecule has 2 aromatic carbocycles. The van der Waals surface area contributed by atoms with Crippen LogP contribution >= 0.6 is 0 Å². The number of carbonyl (C=O) groups is 2. The second-order valence-electron chi connectivity index (χ2n) is 8.28. The van der Waals surface area contributed by atoms with E-state index >= 15 is 0 Å². The smallest absolute Gasteiger partial charge is 0.312 e. The van der Waals surface area contributed by atoms with Crippen molar-refractivity contribution in [3.8, 4) is 0 Å². The monoisotopic (exact) mass is 408 g/mol. The number of hydrogen-bond acceptors (Lipinski definition) is 3. The molecule has 3 amide bonds. The molecule has 3 rings (SSSR count). The molecule has 1 fully saturated rings. The molecule has 6 nitrogen and oxygen atoms in total. The first-order chi connectivity index (χ1) is 14.5. The van der Waals surface area contributed by atoms with E-state index in [4.69, 9.17) is 5.73 Å². The first kappa shape index (κ1) is 21.8. The van der Waals surface area contributed by atoms with E-state index in [2.05, 4.69) is 58.7 Å². The summed E-state index contributed by atoms with van der Waals surface area (Å²) in [6.07, 6.45) is 0.582. The predicted molar refractivity (Wildman–Crippen MR) is 119 cm³/mol. The molecular formula is C24H32N4O2. The number of nitrogens with one attached hydrogen (secondary N) is 1. The second-order valence-corrected chi connectivity index (χ2v) is 8.28. The van der Waals surface area contributed by atoms with Gasteiger partial charge in [-0.15, -0.1) is 0 Å². The molecule has 1 atom stereocenters. The van der Waals surface area contributed by atoms with Crippen LogP contribution in [0.2, 0.25) is 0 Å². The Balaban J connectivity index is 1.72. The number of amides is 3. The highest BCUT2D eigenvalue weighted by atomic mass is 16.2. The number of rotatable bonds is 7. The van der Waals surface area contributed by atoms with Gasteiger partial charge in [0.15, 0.2) is 0 Å². The molecule has 1 unspecified atom stereocenters. The maximum atomic E-state index is 13.0. The molecule has 160 valence electrons. The Kier molecular flexibility index (Phi) is 7.46. The average Bonchev–Trinajstić information content (AvgIpc) is 2.74. The standard InChI is InChI=1S/C24H32N4O2/c1-18(2)17-21(26-24(25)30)23(29)28-15-13-27(14-16-28)22(19-9-5-3-6-10-19)20-11-7-4-8-12-20/h3-12,18,21-22H,13-17H2,1-2H3,(H3,25,26,30). The van der Waals surface area contributed by atoms with Crippen LogP contribution in [0.15, 0.2) is 60.7 Å². The quantitative estimate of drug-likeness (QED) is 0.739. The number of urea groups is 1. The molecular weight excluding hydrogens is 376 g/mol. The summed E-state index contributed by atoms with van der Waals surface area (Å²) in [5.41, 5.74) is 7.79. The van der Waals surface area contributed by atoms with Gasteiger partial charge < -0.3 is 16.0 Å². The molecule has 1 saturated heterocycles. The van der Waals surface area contributed by atoms with Gasteiger partial charge in [0.05, 0.1) is 6.04 Å². The number of primary amides is 1. The molecule has 3 N–H and O–H groups in total. The molecule has 1 aliphatic heterocycles. The van der Waals surface area contributed by atoms with E-state index < -0.39 is 12.1 Å². The van der Waals surface area contributed by atoms with Crippen molar-refractivity contribution >= 4 is 11.9 Å². The van der Waals surface area contributed by atoms with Crippen LogP contribution in [-0.4, -0.2) is 54.0 Å². The first-order valence-corrected chi connectivity index (χ1v) is 10.6. The van der Waals surface area contributed by atoms with E-state index in [1.165, 1.54) is 11.1 Å². The van der Waals surface area contributed by atoms with E-state index in [-0.39, 0.29) is 17.9 Å². The van der Waals surface area contributed by atoms with Crippen LogP contribution in [0.4, 0.5) is 4.79 Å². The molecule has 1 aliphatic rings. The summed E-state index contributed by atoms with van der Waals surface area (Å²) in [5.74, 6) is 0.241. The third kappa shape index (κ3) is 5.60. The lowest BCUT2D eigenvalue weighted by Crippen LogP contribution is -2.56. The SMILES string of the molecule is CC(C)CC(NC(N)=O)C(=O)N1CCN(C(c2ccccc2)c2ccccc2)CC1. The Labute approximate surface area is 179 Å². The van der Waals surface area contributed by atoms with Crippen LogP contribution in [0.1, 0.15) is 37.4 Å². The number of nitrogens with zero attached hydrogens (tertiary/aromatic N) is 2. The highest BCUT2D eigenvalue weighted by Crippen LogP contribution is 2.29. The van der Waals surface area contributed by atoms with Crippen LogP contribution in [0, 0.1) is 5.92 Å². The number of carbonyl (C=O) groups excluding carboxylic acids is 2. The van der Waals surface area contributed by atoms with Gasteiger partial charge in [-0.3, -0.25) is 9.69 Å². The van der Waals surface area contributed by atoms with Gasteiger partial charge in [-0.2, -0.15) is 0 Å². The fourth-order valence-corrected chi connectivity index (χ4v) is 4.17. The van der Waals surface area contributed by atoms with Gasteiger partial charge in [-0.05, 0) is 23.5 Å². The lowest BCUT2D eigenvalue weighted by Gasteiger charge is -2.40. The van der Waals surface area contributed by atoms with E-state index in [1.54, 1.807) is 0 Å². The number of piperazine rings is 1. The Morgan fingerprint density at radius 2 is 1.40 bits per heavy atom. The van der Waals surface area contributed by atoms with Crippen molar-refractivity contribution in [1.82, 2.24) is 15.1 Å². The Morgan fingerprint density at radius 3 is 1.83 bits per heavy atom. The third-order valence-electron chi connectivity index (χ3n) is 5.54. The van der Waals surface area contributed by atoms with Crippen molar-refractivity contribution in [2.24, 2.45) is 11.7 Å². The molecule has 30 heavy (non-hydrogen) atoms. The van der Waals surface area contributed by atoms with E-state index in [0.717, 1.165) is 13.1 Å². The molecule has 2 aromatic rings. The van der Waals surface area contributed by atoms with Crippen molar-refractivity contribution in [3.05, 3.63) is 71.8 Å². The zero-order valence-corrected chi connectivity index (χ0v) is 17.8. The fraction of sp³-hybridized carbons (Fsp3) is 0.417.